The smallest absolute Gasteiger partial charge is 0.316 e. The van der Waals surface area contributed by atoms with Gasteiger partial charge >= 0.3 is 5.97 Å². The van der Waals surface area contributed by atoms with Crippen LogP contribution in [0.1, 0.15) is 20.3 Å². The molecule has 0 radical (unpaired) electrons. The highest BCUT2D eigenvalue weighted by Gasteiger charge is 2.39. The largest absolute Gasteiger partial charge is 0.465 e. The molecule has 104 valence electrons. The van der Waals surface area contributed by atoms with Gasteiger partial charge in [-0.05, 0) is 19.3 Å². The van der Waals surface area contributed by atoms with Crippen molar-refractivity contribution < 1.29 is 14.3 Å². The van der Waals surface area contributed by atoms with Gasteiger partial charge in [-0.15, -0.1) is 10.2 Å². The molecule has 0 aliphatic heterocycles. The Morgan fingerprint density at radius 1 is 1.53 bits per heavy atom. The van der Waals surface area contributed by atoms with Gasteiger partial charge in [0.25, 0.3) is 0 Å². The predicted octanol–water partition coefficient (Wildman–Crippen LogP) is 1.79. The van der Waals surface area contributed by atoms with E-state index >= 15 is 0 Å². The zero-order chi connectivity index (χ0) is 13.8. The highest BCUT2D eigenvalue weighted by atomic mass is 32.2. The number of aromatic nitrogens is 2. The minimum Gasteiger partial charge on any atom is -0.465 e. The van der Waals surface area contributed by atoms with E-state index in [1.165, 1.54) is 23.1 Å². The fourth-order valence-corrected chi connectivity index (χ4v) is 3.08. The van der Waals surface area contributed by atoms with E-state index in [4.69, 9.17) is 4.74 Å². The van der Waals surface area contributed by atoms with E-state index in [9.17, 15) is 9.59 Å². The maximum absolute atomic E-state index is 11.7. The van der Waals surface area contributed by atoms with Crippen molar-refractivity contribution in [2.24, 2.45) is 11.8 Å². The number of hydrogen-bond donors (Lipinski definition) is 1. The highest BCUT2D eigenvalue weighted by molar-refractivity contribution is 8.01. The molecule has 0 saturated heterocycles. The van der Waals surface area contributed by atoms with Crippen molar-refractivity contribution in [1.82, 2.24) is 10.2 Å². The lowest BCUT2D eigenvalue weighted by molar-refractivity contribution is -0.139. The first kappa shape index (κ1) is 14.3. The lowest BCUT2D eigenvalue weighted by Crippen LogP contribution is -2.14. The van der Waals surface area contributed by atoms with Crippen molar-refractivity contribution in [3.05, 3.63) is 0 Å². The molecule has 0 bridgehead atoms. The predicted molar refractivity (Wildman–Crippen MR) is 73.2 cm³/mol. The molecule has 1 amide bonds. The first-order valence-electron chi connectivity index (χ1n) is 6.03. The SMILES string of the molecule is CCOC(=O)CSc1nnc(NC(=O)C2CC2C)s1. The summed E-state index contributed by atoms with van der Waals surface area (Å²) in [5.41, 5.74) is 0. The maximum Gasteiger partial charge on any atom is 0.316 e. The van der Waals surface area contributed by atoms with Gasteiger partial charge in [0.2, 0.25) is 11.0 Å². The standard InChI is InChI=1S/C11H15N3O3S2/c1-3-17-8(15)5-18-11-14-13-10(19-11)12-9(16)7-4-6(7)2/h6-7H,3-5H2,1-2H3,(H,12,13,16). The molecule has 1 fully saturated rings. The van der Waals surface area contributed by atoms with Crippen LogP contribution in [0.3, 0.4) is 0 Å². The molecule has 1 aromatic heterocycles. The number of amides is 1. The van der Waals surface area contributed by atoms with Crippen LogP contribution < -0.4 is 5.32 Å². The minimum atomic E-state index is -0.278. The third kappa shape index (κ3) is 4.17. The quantitative estimate of drug-likeness (QED) is 0.490. The molecule has 0 aromatic carbocycles. The Morgan fingerprint density at radius 3 is 2.89 bits per heavy atom. The van der Waals surface area contributed by atoms with E-state index < -0.39 is 0 Å². The summed E-state index contributed by atoms with van der Waals surface area (Å²) in [5, 5.41) is 11.0. The van der Waals surface area contributed by atoms with E-state index in [0.29, 0.717) is 22.0 Å². The molecule has 1 saturated carbocycles. The third-order valence-electron chi connectivity index (χ3n) is 2.70. The number of thioether (sulfide) groups is 1. The first-order valence-corrected chi connectivity index (χ1v) is 7.83. The zero-order valence-corrected chi connectivity index (χ0v) is 12.3. The summed E-state index contributed by atoms with van der Waals surface area (Å²) in [7, 11) is 0. The van der Waals surface area contributed by atoms with Crippen LogP contribution in [0, 0.1) is 11.8 Å². The van der Waals surface area contributed by atoms with Gasteiger partial charge in [-0.2, -0.15) is 0 Å². The van der Waals surface area contributed by atoms with E-state index in [1.807, 2.05) is 6.92 Å². The van der Waals surface area contributed by atoms with E-state index in [2.05, 4.69) is 15.5 Å². The second-order valence-electron chi connectivity index (χ2n) is 4.28. The van der Waals surface area contributed by atoms with Crippen molar-refractivity contribution >= 4 is 40.1 Å². The fraction of sp³-hybridized carbons (Fsp3) is 0.636. The summed E-state index contributed by atoms with van der Waals surface area (Å²) >= 11 is 2.53. The number of esters is 1. The minimum absolute atomic E-state index is 0.00518. The van der Waals surface area contributed by atoms with Crippen molar-refractivity contribution in [3.63, 3.8) is 0 Å². The molecule has 0 spiro atoms. The molecule has 19 heavy (non-hydrogen) atoms. The van der Waals surface area contributed by atoms with E-state index in [0.717, 1.165) is 6.42 Å². The second kappa shape index (κ2) is 6.33. The number of carbonyl (C=O) groups excluding carboxylic acids is 2. The summed E-state index contributed by atoms with van der Waals surface area (Å²) in [6, 6.07) is 0. The van der Waals surface area contributed by atoms with Gasteiger partial charge in [-0.3, -0.25) is 9.59 Å². The molecule has 2 atom stereocenters. The molecule has 1 aliphatic carbocycles. The van der Waals surface area contributed by atoms with Crippen molar-refractivity contribution in [1.29, 1.82) is 0 Å². The van der Waals surface area contributed by atoms with Crippen molar-refractivity contribution in [2.45, 2.75) is 24.6 Å². The Labute approximate surface area is 119 Å². The number of nitrogens with one attached hydrogen (secondary N) is 1. The Balaban J connectivity index is 1.78. The van der Waals surface area contributed by atoms with Crippen LogP contribution in [0.25, 0.3) is 0 Å². The number of nitrogens with zero attached hydrogens (tertiary/aromatic N) is 2. The molecule has 2 rings (SSSR count). The average molecular weight is 301 g/mol. The Kier molecular flexibility index (Phi) is 4.76. The van der Waals surface area contributed by atoms with Crippen LogP contribution >= 0.6 is 23.1 Å². The maximum atomic E-state index is 11.7. The number of ether oxygens (including phenoxy) is 1. The number of carbonyl (C=O) groups is 2. The van der Waals surface area contributed by atoms with E-state index in [1.54, 1.807) is 6.92 Å². The van der Waals surface area contributed by atoms with Gasteiger partial charge in [-0.25, -0.2) is 0 Å². The van der Waals surface area contributed by atoms with Gasteiger partial charge in [-0.1, -0.05) is 30.0 Å². The topological polar surface area (TPSA) is 81.2 Å². The lowest BCUT2D eigenvalue weighted by Gasteiger charge is -1.98. The third-order valence-corrected chi connectivity index (χ3v) is 4.65. The lowest BCUT2D eigenvalue weighted by atomic mass is 10.3. The van der Waals surface area contributed by atoms with Crippen molar-refractivity contribution in [2.75, 3.05) is 17.7 Å². The molecule has 1 N–H and O–H groups in total. The van der Waals surface area contributed by atoms with Crippen LogP contribution in [-0.4, -0.2) is 34.4 Å². The van der Waals surface area contributed by atoms with Crippen LogP contribution in [0.4, 0.5) is 5.13 Å². The van der Waals surface area contributed by atoms with Gasteiger partial charge in [0.05, 0.1) is 12.4 Å². The summed E-state index contributed by atoms with van der Waals surface area (Å²) in [4.78, 5) is 22.9. The number of hydrogen-bond acceptors (Lipinski definition) is 7. The average Bonchev–Trinajstić information content (AvgIpc) is 2.94. The van der Waals surface area contributed by atoms with Gasteiger partial charge in [0.1, 0.15) is 0 Å². The van der Waals surface area contributed by atoms with Gasteiger partial charge in [0.15, 0.2) is 4.34 Å². The number of rotatable bonds is 6. The summed E-state index contributed by atoms with van der Waals surface area (Å²) < 4.78 is 5.46. The summed E-state index contributed by atoms with van der Waals surface area (Å²) in [5.74, 6) is 0.506. The van der Waals surface area contributed by atoms with Crippen LogP contribution in [0.15, 0.2) is 4.34 Å². The molecule has 6 nitrogen and oxygen atoms in total. The highest BCUT2D eigenvalue weighted by Crippen LogP contribution is 2.38. The molecule has 1 aliphatic rings. The normalized spacial score (nSPS) is 20.9. The fourth-order valence-electron chi connectivity index (χ4n) is 1.53. The van der Waals surface area contributed by atoms with Crippen LogP contribution in [0.5, 0.6) is 0 Å². The molecule has 8 heteroatoms. The molecule has 1 aromatic rings. The molecule has 2 unspecified atom stereocenters. The van der Waals surface area contributed by atoms with Gasteiger partial charge < -0.3 is 10.1 Å². The van der Waals surface area contributed by atoms with Crippen molar-refractivity contribution in [3.8, 4) is 0 Å². The molecular formula is C11H15N3O3S2. The van der Waals surface area contributed by atoms with Crippen LogP contribution in [0.2, 0.25) is 0 Å². The second-order valence-corrected chi connectivity index (χ2v) is 6.48. The Bertz CT molecular complexity index is 478. The number of anilines is 1. The van der Waals surface area contributed by atoms with Gasteiger partial charge in [0, 0.05) is 5.92 Å². The zero-order valence-electron chi connectivity index (χ0n) is 10.7. The Morgan fingerprint density at radius 2 is 2.26 bits per heavy atom. The molecule has 1 heterocycles. The first-order chi connectivity index (χ1) is 9.10. The molecular weight excluding hydrogens is 286 g/mol. The van der Waals surface area contributed by atoms with Crippen LogP contribution in [-0.2, 0) is 14.3 Å². The summed E-state index contributed by atoms with van der Waals surface area (Å²) in [6.07, 6.45) is 0.940. The summed E-state index contributed by atoms with van der Waals surface area (Å²) in [6.45, 7) is 4.18. The monoisotopic (exact) mass is 301 g/mol. The van der Waals surface area contributed by atoms with E-state index in [-0.39, 0.29) is 23.5 Å². The Hall–Kier alpha value is -1.15.